The lowest BCUT2D eigenvalue weighted by molar-refractivity contribution is 0.0958. The van der Waals surface area contributed by atoms with Crippen LogP contribution in [0.4, 0.5) is 5.69 Å². The van der Waals surface area contributed by atoms with Crippen LogP contribution in [0.1, 0.15) is 26.4 Å². The zero-order valence-corrected chi connectivity index (χ0v) is 13.2. The number of aryl methyl sites for hydroxylation is 1. The number of anilines is 1. The summed E-state index contributed by atoms with van der Waals surface area (Å²) in [7, 11) is 1.52. The lowest BCUT2D eigenvalue weighted by Crippen LogP contribution is -2.20. The molecule has 6 heteroatoms. The average molecular weight is 348 g/mol. The molecule has 0 saturated carbocycles. The number of benzene rings is 1. The van der Waals surface area contributed by atoms with E-state index in [1.54, 1.807) is 6.07 Å². The van der Waals surface area contributed by atoms with Crippen molar-refractivity contribution in [1.29, 1.82) is 0 Å². The highest BCUT2D eigenvalue weighted by molar-refractivity contribution is 9.10. The van der Waals surface area contributed by atoms with Gasteiger partial charge in [-0.2, -0.15) is 0 Å². The molecule has 2 aromatic rings. The summed E-state index contributed by atoms with van der Waals surface area (Å²) in [6.07, 6.45) is 1.44. The molecular formula is C15H14BrN3O2. The van der Waals surface area contributed by atoms with E-state index >= 15 is 0 Å². The number of rotatable bonds is 3. The van der Waals surface area contributed by atoms with E-state index in [0.717, 1.165) is 15.7 Å². The SMILES string of the molecule is CNC(=O)c1cc(C(=O)Nc2ccc(Br)cc2C)ccn1. The van der Waals surface area contributed by atoms with Gasteiger partial charge in [-0.25, -0.2) is 0 Å². The molecule has 0 atom stereocenters. The first kappa shape index (κ1) is 15.2. The van der Waals surface area contributed by atoms with Crippen LogP contribution in [0.2, 0.25) is 0 Å². The zero-order chi connectivity index (χ0) is 15.4. The molecule has 5 nitrogen and oxygen atoms in total. The number of carbonyl (C=O) groups is 2. The molecule has 1 aromatic heterocycles. The van der Waals surface area contributed by atoms with Crippen molar-refractivity contribution in [2.24, 2.45) is 0 Å². The number of halogens is 1. The molecule has 1 heterocycles. The monoisotopic (exact) mass is 347 g/mol. The second kappa shape index (κ2) is 6.49. The molecular weight excluding hydrogens is 334 g/mol. The molecule has 1 aromatic carbocycles. The van der Waals surface area contributed by atoms with Gasteiger partial charge in [0.05, 0.1) is 0 Å². The molecule has 0 aliphatic rings. The molecule has 0 aliphatic heterocycles. The van der Waals surface area contributed by atoms with Gasteiger partial charge in [0.1, 0.15) is 5.69 Å². The lowest BCUT2D eigenvalue weighted by Gasteiger charge is -2.09. The Balaban J connectivity index is 2.22. The predicted molar refractivity (Wildman–Crippen MR) is 84.5 cm³/mol. The smallest absolute Gasteiger partial charge is 0.269 e. The average Bonchev–Trinajstić information content (AvgIpc) is 2.49. The number of hydrogen-bond acceptors (Lipinski definition) is 3. The fraction of sp³-hybridized carbons (Fsp3) is 0.133. The van der Waals surface area contributed by atoms with Crippen molar-refractivity contribution < 1.29 is 9.59 Å². The van der Waals surface area contributed by atoms with Crippen LogP contribution in [0, 0.1) is 6.92 Å². The standard InChI is InChI=1S/C15H14BrN3O2/c1-9-7-11(16)3-4-12(9)19-14(20)10-5-6-18-13(8-10)15(21)17-2/h3-8H,1-2H3,(H,17,21)(H,19,20). The van der Waals surface area contributed by atoms with Gasteiger partial charge in [-0.05, 0) is 42.8 Å². The molecule has 0 fully saturated rings. The van der Waals surface area contributed by atoms with E-state index in [0.29, 0.717) is 5.56 Å². The Hall–Kier alpha value is -2.21. The summed E-state index contributed by atoms with van der Waals surface area (Å²) in [6, 6.07) is 8.61. The molecule has 0 spiro atoms. The lowest BCUT2D eigenvalue weighted by atomic mass is 10.1. The molecule has 0 saturated heterocycles. The van der Waals surface area contributed by atoms with Crippen LogP contribution in [0.25, 0.3) is 0 Å². The van der Waals surface area contributed by atoms with E-state index in [2.05, 4.69) is 31.5 Å². The predicted octanol–water partition coefficient (Wildman–Crippen LogP) is 2.76. The fourth-order valence-electron chi connectivity index (χ4n) is 1.79. The maximum atomic E-state index is 12.2. The van der Waals surface area contributed by atoms with Gasteiger partial charge in [0.15, 0.2) is 0 Å². The Kier molecular flexibility index (Phi) is 4.70. The molecule has 2 N–H and O–H groups in total. The van der Waals surface area contributed by atoms with Gasteiger partial charge in [0.2, 0.25) is 0 Å². The highest BCUT2D eigenvalue weighted by Crippen LogP contribution is 2.20. The van der Waals surface area contributed by atoms with Crippen LogP contribution in [-0.2, 0) is 0 Å². The summed E-state index contributed by atoms with van der Waals surface area (Å²) in [5.74, 6) is -0.613. The van der Waals surface area contributed by atoms with Gasteiger partial charge in [0, 0.05) is 29.0 Å². The number of aromatic nitrogens is 1. The topological polar surface area (TPSA) is 71.1 Å². The third kappa shape index (κ3) is 3.66. The van der Waals surface area contributed by atoms with Crippen molar-refractivity contribution in [3.05, 3.63) is 57.8 Å². The van der Waals surface area contributed by atoms with Crippen molar-refractivity contribution in [2.75, 3.05) is 12.4 Å². The van der Waals surface area contributed by atoms with E-state index in [4.69, 9.17) is 0 Å². The molecule has 21 heavy (non-hydrogen) atoms. The Bertz CT molecular complexity index is 701. The Morgan fingerprint density at radius 2 is 1.90 bits per heavy atom. The van der Waals surface area contributed by atoms with Gasteiger partial charge in [-0.3, -0.25) is 14.6 Å². The largest absolute Gasteiger partial charge is 0.354 e. The molecule has 0 unspecified atom stereocenters. The van der Waals surface area contributed by atoms with Crippen molar-refractivity contribution in [1.82, 2.24) is 10.3 Å². The van der Waals surface area contributed by atoms with Crippen LogP contribution in [0.15, 0.2) is 41.0 Å². The quantitative estimate of drug-likeness (QED) is 0.896. The number of amides is 2. The summed E-state index contributed by atoms with van der Waals surface area (Å²) >= 11 is 3.38. The maximum Gasteiger partial charge on any atom is 0.269 e. The normalized spacial score (nSPS) is 10.0. The molecule has 2 amide bonds. The minimum absolute atomic E-state index is 0.206. The first-order valence-electron chi connectivity index (χ1n) is 6.27. The number of nitrogens with one attached hydrogen (secondary N) is 2. The summed E-state index contributed by atoms with van der Waals surface area (Å²) in [4.78, 5) is 27.7. The van der Waals surface area contributed by atoms with E-state index < -0.39 is 0 Å². The molecule has 2 rings (SSSR count). The minimum Gasteiger partial charge on any atom is -0.354 e. The summed E-state index contributed by atoms with van der Waals surface area (Å²) in [5, 5.41) is 5.29. The summed E-state index contributed by atoms with van der Waals surface area (Å²) < 4.78 is 0.948. The van der Waals surface area contributed by atoms with Gasteiger partial charge < -0.3 is 10.6 Å². The second-order valence-electron chi connectivity index (χ2n) is 4.42. The number of carbonyl (C=O) groups excluding carboxylic acids is 2. The first-order valence-corrected chi connectivity index (χ1v) is 7.06. The molecule has 0 bridgehead atoms. The first-order chi connectivity index (χ1) is 10.0. The highest BCUT2D eigenvalue weighted by Gasteiger charge is 2.11. The zero-order valence-electron chi connectivity index (χ0n) is 11.6. The number of pyridine rings is 1. The van der Waals surface area contributed by atoms with Gasteiger partial charge in [-0.15, -0.1) is 0 Å². The second-order valence-corrected chi connectivity index (χ2v) is 5.34. The Morgan fingerprint density at radius 1 is 1.14 bits per heavy atom. The molecule has 108 valence electrons. The van der Waals surface area contributed by atoms with E-state index in [1.165, 1.54) is 19.3 Å². The number of hydrogen-bond donors (Lipinski definition) is 2. The Morgan fingerprint density at radius 3 is 2.57 bits per heavy atom. The van der Waals surface area contributed by atoms with Crippen molar-refractivity contribution >= 4 is 33.4 Å². The summed E-state index contributed by atoms with van der Waals surface area (Å²) in [5.41, 5.74) is 2.25. The third-order valence-corrected chi connectivity index (χ3v) is 3.41. The summed E-state index contributed by atoms with van der Waals surface area (Å²) in [6.45, 7) is 1.91. The van der Waals surface area contributed by atoms with Crippen LogP contribution in [-0.4, -0.2) is 23.8 Å². The fourth-order valence-corrected chi connectivity index (χ4v) is 2.26. The number of nitrogens with zero attached hydrogens (tertiary/aromatic N) is 1. The Labute approximate surface area is 130 Å². The van der Waals surface area contributed by atoms with Crippen molar-refractivity contribution in [3.63, 3.8) is 0 Å². The minimum atomic E-state index is -0.329. The van der Waals surface area contributed by atoms with E-state index in [-0.39, 0.29) is 17.5 Å². The van der Waals surface area contributed by atoms with E-state index in [9.17, 15) is 9.59 Å². The van der Waals surface area contributed by atoms with Gasteiger partial charge >= 0.3 is 0 Å². The third-order valence-electron chi connectivity index (χ3n) is 2.92. The van der Waals surface area contributed by atoms with Crippen LogP contribution >= 0.6 is 15.9 Å². The van der Waals surface area contributed by atoms with Crippen LogP contribution in [0.5, 0.6) is 0 Å². The molecule has 0 aliphatic carbocycles. The maximum absolute atomic E-state index is 12.2. The molecule has 0 radical (unpaired) electrons. The highest BCUT2D eigenvalue weighted by atomic mass is 79.9. The van der Waals surface area contributed by atoms with Crippen molar-refractivity contribution in [2.45, 2.75) is 6.92 Å². The van der Waals surface area contributed by atoms with Gasteiger partial charge in [0.25, 0.3) is 11.8 Å². The van der Waals surface area contributed by atoms with Crippen molar-refractivity contribution in [3.8, 4) is 0 Å². The van der Waals surface area contributed by atoms with Gasteiger partial charge in [-0.1, -0.05) is 15.9 Å². The van der Waals surface area contributed by atoms with E-state index in [1.807, 2.05) is 25.1 Å². The van der Waals surface area contributed by atoms with Crippen LogP contribution < -0.4 is 10.6 Å². The van der Waals surface area contributed by atoms with Crippen LogP contribution in [0.3, 0.4) is 0 Å².